The summed E-state index contributed by atoms with van der Waals surface area (Å²) < 4.78 is 0. The first-order valence-corrected chi connectivity index (χ1v) is 9.41. The number of hydrogen-bond acceptors (Lipinski definition) is 6. The highest BCUT2D eigenvalue weighted by atomic mass is 35.5. The number of imide groups is 1. The van der Waals surface area contributed by atoms with Gasteiger partial charge in [0.05, 0.1) is 5.69 Å². The van der Waals surface area contributed by atoms with Crippen molar-refractivity contribution in [2.24, 2.45) is 10.3 Å². The number of aryl methyl sites for hydroxylation is 2. The van der Waals surface area contributed by atoms with E-state index in [0.29, 0.717) is 16.4 Å². The van der Waals surface area contributed by atoms with Gasteiger partial charge in [-0.15, -0.1) is 0 Å². The minimum Gasteiger partial charge on any atom is -0.324 e. The van der Waals surface area contributed by atoms with Crippen molar-refractivity contribution in [1.82, 2.24) is 5.01 Å². The summed E-state index contributed by atoms with van der Waals surface area (Å²) in [5.74, 6) is -1.31. The van der Waals surface area contributed by atoms with E-state index < -0.39 is 23.9 Å². The lowest BCUT2D eigenvalue weighted by Gasteiger charge is -2.20. The minimum absolute atomic E-state index is 0.194. The molecule has 1 fully saturated rings. The van der Waals surface area contributed by atoms with E-state index in [9.17, 15) is 14.4 Å². The van der Waals surface area contributed by atoms with Crippen molar-refractivity contribution in [3.63, 3.8) is 0 Å². The Hall–Kier alpha value is -3.26. The van der Waals surface area contributed by atoms with Crippen LogP contribution in [0.25, 0.3) is 0 Å². The van der Waals surface area contributed by atoms with Crippen LogP contribution in [0.3, 0.4) is 0 Å². The zero-order chi connectivity index (χ0) is 20.7. The first kappa shape index (κ1) is 19.1. The molecule has 0 saturated carbocycles. The van der Waals surface area contributed by atoms with Crippen LogP contribution in [0.5, 0.6) is 0 Å². The Morgan fingerprint density at radius 1 is 1.14 bits per heavy atom. The fourth-order valence-electron chi connectivity index (χ4n) is 3.40. The fraction of sp³-hybridized carbons (Fsp3) is 0.250. The van der Waals surface area contributed by atoms with Crippen molar-refractivity contribution in [1.29, 1.82) is 0 Å². The molecule has 1 saturated heterocycles. The summed E-state index contributed by atoms with van der Waals surface area (Å²) in [4.78, 5) is 39.2. The third-order valence-electron chi connectivity index (χ3n) is 4.88. The van der Waals surface area contributed by atoms with Gasteiger partial charge in [-0.05, 0) is 49.2 Å². The number of carbonyl (C=O) groups is 3. The molecule has 2 aliphatic heterocycles. The van der Waals surface area contributed by atoms with E-state index in [2.05, 4.69) is 15.7 Å². The van der Waals surface area contributed by atoms with Crippen LogP contribution >= 0.6 is 11.6 Å². The van der Waals surface area contributed by atoms with Gasteiger partial charge in [-0.1, -0.05) is 35.0 Å². The predicted octanol–water partition coefficient (Wildman–Crippen LogP) is 2.89. The summed E-state index contributed by atoms with van der Waals surface area (Å²) in [7, 11) is 0. The SMILES string of the molecule is Cc1cccc(NC(=O)CN2N=N[C@H]3C(=O)N(c4ccc(C)c(Cl)c4)C(=O)[C@H]32)c1. The molecular weight excluding hydrogens is 394 g/mol. The third kappa shape index (κ3) is 3.47. The minimum atomic E-state index is -0.964. The highest BCUT2D eigenvalue weighted by Crippen LogP contribution is 2.33. The van der Waals surface area contributed by atoms with Gasteiger partial charge in [0.25, 0.3) is 11.8 Å². The Bertz CT molecular complexity index is 1050. The molecule has 2 heterocycles. The molecule has 29 heavy (non-hydrogen) atoms. The van der Waals surface area contributed by atoms with Gasteiger partial charge in [0, 0.05) is 10.7 Å². The molecule has 2 aromatic rings. The number of rotatable bonds is 4. The smallest absolute Gasteiger partial charge is 0.263 e. The zero-order valence-corrected chi connectivity index (χ0v) is 16.6. The Labute approximate surface area is 172 Å². The fourth-order valence-corrected chi connectivity index (χ4v) is 3.57. The Kier molecular flexibility index (Phi) is 4.79. The van der Waals surface area contributed by atoms with Crippen LogP contribution in [0.15, 0.2) is 52.8 Å². The van der Waals surface area contributed by atoms with Crippen LogP contribution in [0, 0.1) is 13.8 Å². The first-order valence-electron chi connectivity index (χ1n) is 9.03. The molecular formula is C20H18ClN5O3. The largest absolute Gasteiger partial charge is 0.324 e. The summed E-state index contributed by atoms with van der Waals surface area (Å²) in [6.45, 7) is 3.56. The van der Waals surface area contributed by atoms with E-state index in [4.69, 9.17) is 11.6 Å². The van der Waals surface area contributed by atoms with E-state index >= 15 is 0 Å². The standard InChI is InChI=1S/C20H18ClN5O3/c1-11-4-3-5-13(8-11)22-16(27)10-25-18-17(23-24-25)19(28)26(20(18)29)14-7-6-12(2)15(21)9-14/h3-9,17-18H,10H2,1-2H3,(H,22,27)/t17-,18+/m1/s1. The number of halogens is 1. The molecule has 1 N–H and O–H groups in total. The average molecular weight is 412 g/mol. The van der Waals surface area contributed by atoms with Gasteiger partial charge in [-0.3, -0.25) is 19.4 Å². The highest BCUT2D eigenvalue weighted by molar-refractivity contribution is 6.32. The number of carbonyl (C=O) groups excluding carboxylic acids is 3. The van der Waals surface area contributed by atoms with E-state index in [1.165, 1.54) is 5.01 Å². The zero-order valence-electron chi connectivity index (χ0n) is 15.8. The van der Waals surface area contributed by atoms with Crippen molar-refractivity contribution >= 4 is 40.7 Å². The molecule has 4 rings (SSSR count). The Balaban J connectivity index is 1.50. The molecule has 2 aliphatic rings. The number of nitrogens with one attached hydrogen (secondary N) is 1. The number of nitrogens with zero attached hydrogens (tertiary/aromatic N) is 4. The van der Waals surface area contributed by atoms with Crippen molar-refractivity contribution in [3.05, 3.63) is 58.6 Å². The second kappa shape index (κ2) is 7.29. The molecule has 0 aromatic heterocycles. The lowest BCUT2D eigenvalue weighted by atomic mass is 10.1. The van der Waals surface area contributed by atoms with Gasteiger partial charge < -0.3 is 5.32 Å². The summed E-state index contributed by atoms with van der Waals surface area (Å²) >= 11 is 6.14. The lowest BCUT2D eigenvalue weighted by molar-refractivity contribution is -0.123. The molecule has 2 aromatic carbocycles. The number of fused-ring (bicyclic) bond motifs is 1. The van der Waals surface area contributed by atoms with Crippen LogP contribution < -0.4 is 10.2 Å². The topological polar surface area (TPSA) is 94.4 Å². The maximum Gasteiger partial charge on any atom is 0.263 e. The van der Waals surface area contributed by atoms with Crippen LogP contribution in [0.1, 0.15) is 11.1 Å². The maximum absolute atomic E-state index is 13.0. The lowest BCUT2D eigenvalue weighted by Crippen LogP contribution is -2.43. The third-order valence-corrected chi connectivity index (χ3v) is 5.29. The Morgan fingerprint density at radius 2 is 1.93 bits per heavy atom. The van der Waals surface area contributed by atoms with Crippen LogP contribution in [-0.4, -0.2) is 41.4 Å². The van der Waals surface area contributed by atoms with E-state index in [1.54, 1.807) is 24.3 Å². The monoisotopic (exact) mass is 411 g/mol. The molecule has 0 aliphatic carbocycles. The summed E-state index contributed by atoms with van der Waals surface area (Å²) in [5.41, 5.74) is 2.87. The molecule has 9 heteroatoms. The van der Waals surface area contributed by atoms with Gasteiger partial charge in [-0.25, -0.2) is 4.90 Å². The van der Waals surface area contributed by atoms with Crippen molar-refractivity contribution in [2.45, 2.75) is 25.9 Å². The molecule has 0 bridgehead atoms. The van der Waals surface area contributed by atoms with E-state index in [-0.39, 0.29) is 12.5 Å². The second-order valence-corrected chi connectivity index (χ2v) is 7.46. The maximum atomic E-state index is 13.0. The van der Waals surface area contributed by atoms with Gasteiger partial charge >= 0.3 is 0 Å². The number of anilines is 2. The van der Waals surface area contributed by atoms with E-state index in [0.717, 1.165) is 16.0 Å². The van der Waals surface area contributed by atoms with E-state index in [1.807, 2.05) is 32.0 Å². The first-order chi connectivity index (χ1) is 13.8. The molecule has 3 amide bonds. The van der Waals surface area contributed by atoms with Crippen LogP contribution in [-0.2, 0) is 14.4 Å². The normalized spacial score (nSPS) is 20.4. The van der Waals surface area contributed by atoms with Gasteiger partial charge in [0.2, 0.25) is 5.91 Å². The van der Waals surface area contributed by atoms with Crippen LogP contribution in [0.2, 0.25) is 5.02 Å². The second-order valence-electron chi connectivity index (χ2n) is 7.06. The van der Waals surface area contributed by atoms with Crippen molar-refractivity contribution in [3.8, 4) is 0 Å². The summed E-state index contributed by atoms with van der Waals surface area (Å²) in [6, 6.07) is 10.4. The molecule has 0 unspecified atom stereocenters. The van der Waals surface area contributed by atoms with Crippen molar-refractivity contribution < 1.29 is 14.4 Å². The van der Waals surface area contributed by atoms with Gasteiger partial charge in [0.15, 0.2) is 12.1 Å². The summed E-state index contributed by atoms with van der Waals surface area (Å²) in [5, 5.41) is 12.3. The highest BCUT2D eigenvalue weighted by Gasteiger charge is 2.55. The molecule has 2 atom stereocenters. The Morgan fingerprint density at radius 3 is 2.66 bits per heavy atom. The number of hydrogen-bond donors (Lipinski definition) is 1. The summed E-state index contributed by atoms with van der Waals surface area (Å²) in [6.07, 6.45) is 0. The number of amides is 3. The molecule has 0 radical (unpaired) electrons. The number of benzene rings is 2. The van der Waals surface area contributed by atoms with Crippen LogP contribution in [0.4, 0.5) is 11.4 Å². The van der Waals surface area contributed by atoms with Crippen molar-refractivity contribution in [2.75, 3.05) is 16.8 Å². The quantitative estimate of drug-likeness (QED) is 0.782. The predicted molar refractivity (Wildman–Crippen MR) is 108 cm³/mol. The molecule has 148 valence electrons. The molecule has 0 spiro atoms. The van der Waals surface area contributed by atoms with Gasteiger partial charge in [0.1, 0.15) is 6.54 Å². The average Bonchev–Trinajstić information content (AvgIpc) is 3.18. The van der Waals surface area contributed by atoms with Gasteiger partial charge in [-0.2, -0.15) is 5.11 Å². The molecule has 8 nitrogen and oxygen atoms in total.